The lowest BCUT2D eigenvalue weighted by molar-refractivity contribution is 0.290. The number of rotatable bonds is 7. The molecular formula is C22H19ClN6OS. The standard InChI is InChI=1S/C22H19ClN6OS/c1-15-17(12-24)19(29(27-15)16-8-4-3-5-9-16)14-31-22-26-25-21(28(22)2)13-30-20-11-7-6-10-18(20)23/h3-11H,13-14H2,1-2H3. The van der Waals surface area contributed by atoms with Gasteiger partial charge in [-0.1, -0.05) is 53.7 Å². The van der Waals surface area contributed by atoms with Gasteiger partial charge in [0.2, 0.25) is 0 Å². The van der Waals surface area contributed by atoms with E-state index in [1.54, 1.807) is 6.07 Å². The molecule has 7 nitrogen and oxygen atoms in total. The molecule has 0 aliphatic rings. The summed E-state index contributed by atoms with van der Waals surface area (Å²) in [5, 5.41) is 24.0. The third kappa shape index (κ3) is 4.43. The summed E-state index contributed by atoms with van der Waals surface area (Å²) in [6, 6.07) is 19.4. The molecule has 0 N–H and O–H groups in total. The highest BCUT2D eigenvalue weighted by atomic mass is 35.5. The van der Waals surface area contributed by atoms with Crippen molar-refractivity contribution in [2.45, 2.75) is 24.4 Å². The summed E-state index contributed by atoms with van der Waals surface area (Å²) in [6.07, 6.45) is 0. The van der Waals surface area contributed by atoms with Crippen LogP contribution in [-0.2, 0) is 19.4 Å². The molecule has 4 rings (SSSR count). The minimum atomic E-state index is 0.248. The number of hydrogen-bond donors (Lipinski definition) is 0. The summed E-state index contributed by atoms with van der Waals surface area (Å²) in [4.78, 5) is 0. The first-order valence-corrected chi connectivity index (χ1v) is 10.9. The molecule has 2 aromatic heterocycles. The highest BCUT2D eigenvalue weighted by Gasteiger charge is 2.18. The van der Waals surface area contributed by atoms with E-state index in [1.807, 2.05) is 71.8 Å². The molecule has 31 heavy (non-hydrogen) atoms. The predicted molar refractivity (Wildman–Crippen MR) is 119 cm³/mol. The van der Waals surface area contributed by atoms with Gasteiger partial charge in [-0.25, -0.2) is 4.68 Å². The Labute approximate surface area is 189 Å². The lowest BCUT2D eigenvalue weighted by Crippen LogP contribution is -2.05. The molecule has 0 saturated carbocycles. The van der Waals surface area contributed by atoms with Crippen LogP contribution in [0.15, 0.2) is 59.8 Å². The highest BCUT2D eigenvalue weighted by Crippen LogP contribution is 2.27. The Kier molecular flexibility index (Phi) is 6.26. The Balaban J connectivity index is 1.52. The third-order valence-corrected chi connectivity index (χ3v) is 6.07. The molecule has 156 valence electrons. The van der Waals surface area contributed by atoms with Crippen molar-refractivity contribution in [1.29, 1.82) is 5.26 Å². The molecule has 0 saturated heterocycles. The topological polar surface area (TPSA) is 81.5 Å². The quantitative estimate of drug-likeness (QED) is 0.379. The number of benzene rings is 2. The van der Waals surface area contributed by atoms with Crippen molar-refractivity contribution in [2.24, 2.45) is 7.05 Å². The SMILES string of the molecule is Cc1nn(-c2ccccc2)c(CSc2nnc(COc3ccccc3Cl)n2C)c1C#N. The second-order valence-corrected chi connectivity index (χ2v) is 8.08. The van der Waals surface area contributed by atoms with Gasteiger partial charge in [-0.3, -0.25) is 0 Å². The van der Waals surface area contributed by atoms with Crippen molar-refractivity contribution >= 4 is 23.4 Å². The van der Waals surface area contributed by atoms with Crippen LogP contribution in [0.25, 0.3) is 5.69 Å². The summed E-state index contributed by atoms with van der Waals surface area (Å²) >= 11 is 7.64. The van der Waals surface area contributed by atoms with E-state index in [9.17, 15) is 5.26 Å². The summed E-state index contributed by atoms with van der Waals surface area (Å²) in [5.74, 6) is 1.80. The van der Waals surface area contributed by atoms with E-state index in [4.69, 9.17) is 16.3 Å². The van der Waals surface area contributed by atoms with E-state index in [0.717, 1.165) is 16.5 Å². The van der Waals surface area contributed by atoms with Gasteiger partial charge in [0.15, 0.2) is 11.0 Å². The van der Waals surface area contributed by atoms with E-state index in [0.29, 0.717) is 33.6 Å². The number of nitriles is 1. The average molecular weight is 451 g/mol. The molecule has 0 radical (unpaired) electrons. The summed E-state index contributed by atoms with van der Waals surface area (Å²) in [5.41, 5.74) is 3.03. The number of thioether (sulfide) groups is 1. The highest BCUT2D eigenvalue weighted by molar-refractivity contribution is 7.98. The molecular weight excluding hydrogens is 432 g/mol. The molecule has 4 aromatic rings. The first kappa shape index (κ1) is 21.0. The molecule has 0 atom stereocenters. The van der Waals surface area contributed by atoms with Gasteiger partial charge >= 0.3 is 0 Å². The van der Waals surface area contributed by atoms with Crippen molar-refractivity contribution in [3.8, 4) is 17.5 Å². The van der Waals surface area contributed by atoms with Crippen LogP contribution in [0.1, 0.15) is 22.8 Å². The van der Waals surface area contributed by atoms with Crippen LogP contribution >= 0.6 is 23.4 Å². The van der Waals surface area contributed by atoms with Gasteiger partial charge in [-0.05, 0) is 31.2 Å². The maximum absolute atomic E-state index is 9.64. The first-order chi connectivity index (χ1) is 15.1. The Morgan fingerprint density at radius 3 is 2.58 bits per heavy atom. The van der Waals surface area contributed by atoms with Crippen molar-refractivity contribution in [2.75, 3.05) is 0 Å². The normalized spacial score (nSPS) is 10.8. The summed E-state index contributed by atoms with van der Waals surface area (Å²) in [7, 11) is 1.89. The van der Waals surface area contributed by atoms with Gasteiger partial charge in [-0.15, -0.1) is 10.2 Å². The summed E-state index contributed by atoms with van der Waals surface area (Å²) < 4.78 is 9.47. The fourth-order valence-electron chi connectivity index (χ4n) is 3.07. The van der Waals surface area contributed by atoms with Gasteiger partial charge in [0.25, 0.3) is 0 Å². The number of aryl methyl sites for hydroxylation is 1. The van der Waals surface area contributed by atoms with E-state index >= 15 is 0 Å². The Morgan fingerprint density at radius 1 is 1.10 bits per heavy atom. The minimum absolute atomic E-state index is 0.248. The molecule has 0 aliphatic carbocycles. The van der Waals surface area contributed by atoms with Crippen LogP contribution in [0.4, 0.5) is 0 Å². The third-order valence-electron chi connectivity index (χ3n) is 4.73. The number of para-hydroxylation sites is 2. The van der Waals surface area contributed by atoms with Gasteiger partial charge in [-0.2, -0.15) is 10.4 Å². The molecule has 0 fully saturated rings. The maximum Gasteiger partial charge on any atom is 0.191 e. The zero-order chi connectivity index (χ0) is 21.8. The first-order valence-electron chi connectivity index (χ1n) is 9.51. The fraction of sp³-hybridized carbons (Fsp3) is 0.182. The Bertz CT molecular complexity index is 1240. The number of hydrogen-bond acceptors (Lipinski definition) is 6. The predicted octanol–water partition coefficient (Wildman–Crippen LogP) is 4.71. The molecule has 9 heteroatoms. The van der Waals surface area contributed by atoms with Gasteiger partial charge in [0.1, 0.15) is 18.4 Å². The van der Waals surface area contributed by atoms with E-state index < -0.39 is 0 Å². The van der Waals surface area contributed by atoms with Crippen molar-refractivity contribution in [3.63, 3.8) is 0 Å². The van der Waals surface area contributed by atoms with Crippen LogP contribution in [0.2, 0.25) is 5.02 Å². The number of halogens is 1. The second-order valence-electron chi connectivity index (χ2n) is 6.73. The lowest BCUT2D eigenvalue weighted by atomic mass is 10.2. The van der Waals surface area contributed by atoms with Crippen molar-refractivity contribution in [1.82, 2.24) is 24.5 Å². The maximum atomic E-state index is 9.64. The zero-order valence-corrected chi connectivity index (χ0v) is 18.6. The van der Waals surface area contributed by atoms with Crippen LogP contribution in [-0.4, -0.2) is 24.5 Å². The van der Waals surface area contributed by atoms with Crippen LogP contribution in [0, 0.1) is 18.3 Å². The number of aromatic nitrogens is 5. The lowest BCUT2D eigenvalue weighted by Gasteiger charge is -2.09. The largest absolute Gasteiger partial charge is 0.484 e. The Hall–Kier alpha value is -3.28. The molecule has 0 amide bonds. The van der Waals surface area contributed by atoms with Crippen LogP contribution < -0.4 is 4.74 Å². The van der Waals surface area contributed by atoms with E-state index in [1.165, 1.54) is 11.8 Å². The number of nitrogens with zero attached hydrogens (tertiary/aromatic N) is 6. The van der Waals surface area contributed by atoms with Gasteiger partial charge in [0.05, 0.1) is 27.7 Å². The smallest absolute Gasteiger partial charge is 0.191 e. The second kappa shape index (κ2) is 9.25. The Morgan fingerprint density at radius 2 is 1.84 bits per heavy atom. The van der Waals surface area contributed by atoms with E-state index in [-0.39, 0.29) is 6.61 Å². The van der Waals surface area contributed by atoms with Gasteiger partial charge < -0.3 is 9.30 Å². The summed E-state index contributed by atoms with van der Waals surface area (Å²) in [6.45, 7) is 2.09. The molecule has 0 spiro atoms. The molecule has 0 bridgehead atoms. The molecule has 2 aromatic carbocycles. The van der Waals surface area contributed by atoms with Crippen molar-refractivity contribution < 1.29 is 4.74 Å². The molecule has 0 aliphatic heterocycles. The molecule has 0 unspecified atom stereocenters. The number of ether oxygens (including phenoxy) is 1. The zero-order valence-electron chi connectivity index (χ0n) is 17.0. The van der Waals surface area contributed by atoms with Crippen LogP contribution in [0.5, 0.6) is 5.75 Å². The molecule has 2 heterocycles. The monoisotopic (exact) mass is 450 g/mol. The van der Waals surface area contributed by atoms with Gasteiger partial charge in [0, 0.05) is 12.8 Å². The average Bonchev–Trinajstić information content (AvgIpc) is 3.30. The van der Waals surface area contributed by atoms with E-state index in [2.05, 4.69) is 21.4 Å². The minimum Gasteiger partial charge on any atom is -0.484 e. The fourth-order valence-corrected chi connectivity index (χ4v) is 4.19. The van der Waals surface area contributed by atoms with Crippen LogP contribution in [0.3, 0.4) is 0 Å². The van der Waals surface area contributed by atoms with Crippen molar-refractivity contribution in [3.05, 3.63) is 82.4 Å².